The molecule has 1 aliphatic rings. The van der Waals surface area contributed by atoms with Gasteiger partial charge in [0.05, 0.1) is 12.6 Å². The molecule has 1 heterocycles. The fraction of sp³-hybridized carbons (Fsp3) is 0.423. The molecule has 0 saturated heterocycles. The van der Waals surface area contributed by atoms with Crippen molar-refractivity contribution >= 4 is 17.7 Å². The van der Waals surface area contributed by atoms with Gasteiger partial charge in [-0.05, 0) is 65.9 Å². The standard InChI is InChI=1S/C26H36N6O6/c27-7-1-2-20-26(38)32-21(25(37)30-12-18(28)13-33)11-17-9-15(4-6-23(17)35)14-3-5-22(34)16(8-14)10-19(29)24(36)31-20/h3-6,8-9,18-21,33-35H,1-2,7,10-13,27-29H2,(H,30,37)(H,31,36)(H,32,38)/t18-,19+,20-,21-/m0/s1. The number of nitrogens with one attached hydrogen (secondary N) is 3. The van der Waals surface area contributed by atoms with Gasteiger partial charge in [-0.1, -0.05) is 12.1 Å². The average molecular weight is 529 g/mol. The molecule has 0 unspecified atom stereocenters. The lowest BCUT2D eigenvalue weighted by atomic mass is 9.95. The number of benzene rings is 2. The van der Waals surface area contributed by atoms with Crippen molar-refractivity contribution in [2.45, 2.75) is 49.9 Å². The van der Waals surface area contributed by atoms with Crippen molar-refractivity contribution in [1.29, 1.82) is 0 Å². The molecule has 2 aromatic rings. The van der Waals surface area contributed by atoms with Crippen molar-refractivity contribution in [3.8, 4) is 22.6 Å². The minimum Gasteiger partial charge on any atom is -0.508 e. The minimum atomic E-state index is -1.14. The molecular weight excluding hydrogens is 492 g/mol. The zero-order valence-electron chi connectivity index (χ0n) is 21.0. The first-order valence-corrected chi connectivity index (χ1v) is 12.5. The van der Waals surface area contributed by atoms with Gasteiger partial charge in [0.1, 0.15) is 23.6 Å². The highest BCUT2D eigenvalue weighted by Crippen LogP contribution is 2.30. The summed E-state index contributed by atoms with van der Waals surface area (Å²) >= 11 is 0. The molecule has 12 heteroatoms. The number of hydrogen-bond donors (Lipinski definition) is 9. The fourth-order valence-corrected chi connectivity index (χ4v) is 4.18. The number of phenolic OH excluding ortho intramolecular Hbond substituents is 2. The maximum atomic E-state index is 13.3. The van der Waals surface area contributed by atoms with Gasteiger partial charge in [0.25, 0.3) is 0 Å². The lowest BCUT2D eigenvalue weighted by Gasteiger charge is -2.25. The van der Waals surface area contributed by atoms with Crippen molar-refractivity contribution in [3.05, 3.63) is 47.5 Å². The van der Waals surface area contributed by atoms with Crippen LogP contribution in [0.3, 0.4) is 0 Å². The van der Waals surface area contributed by atoms with Crippen molar-refractivity contribution in [2.75, 3.05) is 19.7 Å². The Morgan fingerprint density at radius 3 is 2.18 bits per heavy atom. The monoisotopic (exact) mass is 528 g/mol. The molecule has 0 aliphatic carbocycles. The molecule has 0 saturated carbocycles. The van der Waals surface area contributed by atoms with Crippen LogP contribution in [-0.2, 0) is 27.2 Å². The predicted octanol–water partition coefficient (Wildman–Crippen LogP) is -1.66. The molecule has 3 rings (SSSR count). The molecule has 0 aromatic heterocycles. The molecule has 38 heavy (non-hydrogen) atoms. The van der Waals surface area contributed by atoms with Crippen LogP contribution in [0.1, 0.15) is 24.0 Å². The van der Waals surface area contributed by atoms with Crippen LogP contribution in [0.2, 0.25) is 0 Å². The third-order valence-corrected chi connectivity index (χ3v) is 6.43. The van der Waals surface area contributed by atoms with Crippen molar-refractivity contribution in [2.24, 2.45) is 17.2 Å². The number of fused-ring (bicyclic) bond motifs is 5. The number of amides is 3. The molecule has 12 N–H and O–H groups in total. The highest BCUT2D eigenvalue weighted by Gasteiger charge is 2.29. The van der Waals surface area contributed by atoms with Gasteiger partial charge in [-0.2, -0.15) is 0 Å². The number of nitrogens with two attached hydrogens (primary N) is 3. The summed E-state index contributed by atoms with van der Waals surface area (Å²) in [4.78, 5) is 39.3. The Kier molecular flexibility index (Phi) is 10.0. The van der Waals surface area contributed by atoms with E-state index in [-0.39, 0.29) is 50.5 Å². The summed E-state index contributed by atoms with van der Waals surface area (Å²) in [5, 5.41) is 38.1. The maximum Gasteiger partial charge on any atom is 0.243 e. The number of hydrogen-bond acceptors (Lipinski definition) is 9. The fourth-order valence-electron chi connectivity index (χ4n) is 4.18. The Bertz CT molecular complexity index is 1160. The third-order valence-electron chi connectivity index (χ3n) is 6.43. The van der Waals surface area contributed by atoms with Gasteiger partial charge in [-0.25, -0.2) is 0 Å². The maximum absolute atomic E-state index is 13.3. The van der Waals surface area contributed by atoms with Gasteiger partial charge < -0.3 is 48.5 Å². The van der Waals surface area contributed by atoms with Gasteiger partial charge in [-0.15, -0.1) is 0 Å². The molecule has 206 valence electrons. The summed E-state index contributed by atoms with van der Waals surface area (Å²) in [5.41, 5.74) is 19.7. The van der Waals surface area contributed by atoms with Gasteiger partial charge in [0, 0.05) is 25.4 Å². The Labute approximate surface area is 220 Å². The average Bonchev–Trinajstić information content (AvgIpc) is 2.90. The van der Waals surface area contributed by atoms with Crippen LogP contribution in [0.15, 0.2) is 36.4 Å². The molecule has 1 aliphatic heterocycles. The zero-order chi connectivity index (χ0) is 27.8. The van der Waals surface area contributed by atoms with Crippen LogP contribution in [-0.4, -0.2) is 76.9 Å². The lowest BCUT2D eigenvalue weighted by molar-refractivity contribution is -0.132. The second-order valence-electron chi connectivity index (χ2n) is 9.44. The second kappa shape index (κ2) is 13.2. The molecule has 4 atom stereocenters. The quantitative estimate of drug-likeness (QED) is 0.200. The Hall–Kier alpha value is -3.71. The molecule has 0 spiro atoms. The van der Waals surface area contributed by atoms with E-state index in [1.54, 1.807) is 24.3 Å². The summed E-state index contributed by atoms with van der Waals surface area (Å²) in [6, 6.07) is 5.79. The normalized spacial score (nSPS) is 20.9. The number of carbonyl (C=O) groups is 3. The van der Waals surface area contributed by atoms with E-state index in [1.807, 2.05) is 0 Å². The van der Waals surface area contributed by atoms with Crippen LogP contribution in [0.4, 0.5) is 0 Å². The van der Waals surface area contributed by atoms with E-state index >= 15 is 0 Å². The van der Waals surface area contributed by atoms with E-state index in [0.717, 1.165) is 0 Å². The first kappa shape index (κ1) is 28.9. The lowest BCUT2D eigenvalue weighted by Crippen LogP contribution is -2.57. The zero-order valence-corrected chi connectivity index (χ0v) is 21.0. The topological polar surface area (TPSA) is 226 Å². The molecule has 0 radical (unpaired) electrons. The van der Waals surface area contributed by atoms with Gasteiger partial charge in [0.15, 0.2) is 0 Å². The third kappa shape index (κ3) is 7.42. The van der Waals surface area contributed by atoms with Crippen molar-refractivity contribution in [3.63, 3.8) is 0 Å². The highest BCUT2D eigenvalue weighted by atomic mass is 16.3. The SMILES string of the molecule is NCCC[C@@H]1NC(=O)[C@H](N)Cc2cc(ccc2O)-c2ccc(O)c(c2)C[C@@H](C(=O)NC[C@H](N)CO)NC1=O. The first-order chi connectivity index (χ1) is 18.1. The number of aromatic hydroxyl groups is 2. The van der Waals surface area contributed by atoms with Crippen LogP contribution in [0.25, 0.3) is 11.1 Å². The van der Waals surface area contributed by atoms with Crippen molar-refractivity contribution in [1.82, 2.24) is 16.0 Å². The molecule has 12 nitrogen and oxygen atoms in total. The number of carbonyl (C=O) groups excluding carboxylic acids is 3. The van der Waals surface area contributed by atoms with Gasteiger partial charge in [-0.3, -0.25) is 14.4 Å². The van der Waals surface area contributed by atoms with Crippen LogP contribution in [0, 0.1) is 0 Å². The number of aliphatic hydroxyl groups excluding tert-OH is 1. The van der Waals surface area contributed by atoms with E-state index in [9.17, 15) is 29.7 Å². The molecular formula is C26H36N6O6. The smallest absolute Gasteiger partial charge is 0.243 e. The summed E-state index contributed by atoms with van der Waals surface area (Å²) < 4.78 is 0. The Morgan fingerprint density at radius 2 is 1.61 bits per heavy atom. The largest absolute Gasteiger partial charge is 0.508 e. The van der Waals surface area contributed by atoms with Gasteiger partial charge in [0.2, 0.25) is 17.7 Å². The molecule has 2 aromatic carbocycles. The molecule has 3 amide bonds. The number of phenols is 2. The molecule has 4 bridgehead atoms. The van der Waals surface area contributed by atoms with E-state index in [0.29, 0.717) is 28.7 Å². The first-order valence-electron chi connectivity index (χ1n) is 12.5. The van der Waals surface area contributed by atoms with Crippen LogP contribution < -0.4 is 33.2 Å². The predicted molar refractivity (Wildman–Crippen MR) is 141 cm³/mol. The van der Waals surface area contributed by atoms with Gasteiger partial charge >= 0.3 is 0 Å². The van der Waals surface area contributed by atoms with E-state index in [1.165, 1.54) is 12.1 Å². The summed E-state index contributed by atoms with van der Waals surface area (Å²) in [5.74, 6) is -1.92. The summed E-state index contributed by atoms with van der Waals surface area (Å²) in [6.07, 6.45) is 0.554. The summed E-state index contributed by atoms with van der Waals surface area (Å²) in [6.45, 7) is -0.107. The van der Waals surface area contributed by atoms with E-state index in [2.05, 4.69) is 16.0 Å². The van der Waals surface area contributed by atoms with Crippen molar-refractivity contribution < 1.29 is 29.7 Å². The van der Waals surface area contributed by atoms with Crippen LogP contribution >= 0.6 is 0 Å². The number of aliphatic hydroxyl groups is 1. The Morgan fingerprint density at radius 1 is 1.00 bits per heavy atom. The highest BCUT2D eigenvalue weighted by molar-refractivity contribution is 5.93. The Balaban J connectivity index is 2.06. The number of rotatable bonds is 7. The van der Waals surface area contributed by atoms with Crippen LogP contribution in [0.5, 0.6) is 11.5 Å². The van der Waals surface area contributed by atoms with E-state index in [4.69, 9.17) is 17.2 Å². The van der Waals surface area contributed by atoms with E-state index < -0.39 is 41.9 Å². The second-order valence-corrected chi connectivity index (χ2v) is 9.44. The minimum absolute atomic E-state index is 0.0117. The molecule has 0 fully saturated rings. The summed E-state index contributed by atoms with van der Waals surface area (Å²) in [7, 11) is 0.